The molecule has 3 aromatic heterocycles. The smallest absolute Gasteiger partial charge is 0.239 e. The molecule has 2 atom stereocenters. The Balaban J connectivity index is 1.18. The number of pyridine rings is 2. The minimum Gasteiger partial charge on any atom is -0.457 e. The van der Waals surface area contributed by atoms with Crippen molar-refractivity contribution in [3.05, 3.63) is 59.9 Å². The van der Waals surface area contributed by atoms with Gasteiger partial charge >= 0.3 is 0 Å². The monoisotopic (exact) mass is 515 g/mol. The Kier molecular flexibility index (Phi) is 6.72. The number of carbonyl (C=O) groups excluding carboxylic acids is 1. The summed E-state index contributed by atoms with van der Waals surface area (Å²) in [6.45, 7) is 1.64. The van der Waals surface area contributed by atoms with Crippen molar-refractivity contribution in [1.29, 1.82) is 0 Å². The van der Waals surface area contributed by atoms with E-state index in [1.165, 1.54) is 6.42 Å². The molecule has 8 nitrogen and oxygen atoms in total. The van der Waals surface area contributed by atoms with Gasteiger partial charge in [0.2, 0.25) is 5.91 Å². The number of ether oxygens (including phenoxy) is 1. The molecule has 190 valence electrons. The molecule has 1 saturated carbocycles. The SMILES string of the molecule is O=C1CN(c2cc(-c3cc(Oc4ccc5nc(C[C@@H]6CCCC[C@H]6O)sc5c4)ccn3)ccn2)CCN1. The average Bonchev–Trinajstić information content (AvgIpc) is 3.32. The second kappa shape index (κ2) is 10.4. The molecule has 0 bridgehead atoms. The number of piperazine rings is 1. The van der Waals surface area contributed by atoms with E-state index in [9.17, 15) is 9.90 Å². The normalized spacial score (nSPS) is 20.1. The lowest BCUT2D eigenvalue weighted by Crippen LogP contribution is -2.48. The van der Waals surface area contributed by atoms with Crippen LogP contribution in [0.25, 0.3) is 21.5 Å². The molecule has 6 rings (SSSR count). The first-order chi connectivity index (χ1) is 18.1. The van der Waals surface area contributed by atoms with Crippen molar-refractivity contribution in [2.75, 3.05) is 24.5 Å². The van der Waals surface area contributed by atoms with Crippen LogP contribution in [0.2, 0.25) is 0 Å². The van der Waals surface area contributed by atoms with Gasteiger partial charge in [0.15, 0.2) is 0 Å². The van der Waals surface area contributed by atoms with Crippen LogP contribution in [0.15, 0.2) is 54.9 Å². The molecule has 1 aliphatic heterocycles. The summed E-state index contributed by atoms with van der Waals surface area (Å²) >= 11 is 1.68. The number of aromatic nitrogens is 3. The summed E-state index contributed by atoms with van der Waals surface area (Å²) in [7, 11) is 0. The maximum atomic E-state index is 11.8. The highest BCUT2D eigenvalue weighted by Crippen LogP contribution is 2.34. The van der Waals surface area contributed by atoms with E-state index in [4.69, 9.17) is 9.72 Å². The zero-order chi connectivity index (χ0) is 25.2. The zero-order valence-electron chi connectivity index (χ0n) is 20.5. The molecule has 37 heavy (non-hydrogen) atoms. The number of benzene rings is 1. The Hall–Kier alpha value is -3.56. The predicted octanol–water partition coefficient (Wildman–Crippen LogP) is 4.58. The van der Waals surface area contributed by atoms with Gasteiger partial charge in [-0.05, 0) is 49.1 Å². The Labute approximate surface area is 219 Å². The van der Waals surface area contributed by atoms with Crippen LogP contribution in [-0.4, -0.2) is 51.7 Å². The van der Waals surface area contributed by atoms with Gasteiger partial charge in [0.05, 0.1) is 33.6 Å². The third kappa shape index (κ3) is 5.42. The highest BCUT2D eigenvalue weighted by atomic mass is 32.1. The van der Waals surface area contributed by atoms with E-state index >= 15 is 0 Å². The molecule has 1 aliphatic carbocycles. The summed E-state index contributed by atoms with van der Waals surface area (Å²) in [6, 6.07) is 13.6. The van der Waals surface area contributed by atoms with E-state index in [2.05, 4.69) is 15.3 Å². The van der Waals surface area contributed by atoms with Crippen LogP contribution in [0, 0.1) is 5.92 Å². The van der Waals surface area contributed by atoms with Gasteiger partial charge in [-0.25, -0.2) is 9.97 Å². The lowest BCUT2D eigenvalue weighted by atomic mass is 9.84. The average molecular weight is 516 g/mol. The third-order valence-corrected chi connectivity index (χ3v) is 8.12. The van der Waals surface area contributed by atoms with Crippen molar-refractivity contribution >= 4 is 33.3 Å². The number of carbonyl (C=O) groups is 1. The number of aliphatic hydroxyl groups excluding tert-OH is 1. The van der Waals surface area contributed by atoms with Crippen LogP contribution in [0.4, 0.5) is 5.82 Å². The van der Waals surface area contributed by atoms with Crippen LogP contribution in [-0.2, 0) is 11.2 Å². The van der Waals surface area contributed by atoms with E-state index < -0.39 is 0 Å². The van der Waals surface area contributed by atoms with Crippen molar-refractivity contribution in [2.45, 2.75) is 38.2 Å². The Bertz CT molecular complexity index is 1420. The molecule has 2 aliphatic rings. The Morgan fingerprint density at radius 2 is 1.92 bits per heavy atom. The van der Waals surface area contributed by atoms with Gasteiger partial charge in [0.25, 0.3) is 0 Å². The summed E-state index contributed by atoms with van der Waals surface area (Å²) in [5.41, 5.74) is 2.65. The number of anilines is 1. The third-order valence-electron chi connectivity index (χ3n) is 7.08. The van der Waals surface area contributed by atoms with Crippen LogP contribution in [0.5, 0.6) is 11.5 Å². The first-order valence-electron chi connectivity index (χ1n) is 12.8. The van der Waals surface area contributed by atoms with E-state index in [1.807, 2.05) is 47.4 Å². The first-order valence-corrected chi connectivity index (χ1v) is 13.6. The number of rotatable bonds is 6. The van der Waals surface area contributed by atoms with Crippen LogP contribution >= 0.6 is 11.3 Å². The molecular weight excluding hydrogens is 486 g/mol. The molecular formula is C28H29N5O3S. The molecule has 2 fully saturated rings. The summed E-state index contributed by atoms with van der Waals surface area (Å²) in [6.07, 6.45) is 8.38. The van der Waals surface area contributed by atoms with Crippen molar-refractivity contribution in [3.8, 4) is 22.8 Å². The molecule has 4 aromatic rings. The van der Waals surface area contributed by atoms with Crippen LogP contribution in [0.3, 0.4) is 0 Å². The summed E-state index contributed by atoms with van der Waals surface area (Å²) in [4.78, 5) is 27.5. The van der Waals surface area contributed by atoms with E-state index in [0.29, 0.717) is 24.8 Å². The number of nitrogens with zero attached hydrogens (tertiary/aromatic N) is 4. The maximum absolute atomic E-state index is 11.8. The summed E-state index contributed by atoms with van der Waals surface area (Å²) in [5, 5.41) is 14.3. The minimum atomic E-state index is -0.212. The fourth-order valence-corrected chi connectivity index (χ4v) is 6.20. The number of hydrogen-bond donors (Lipinski definition) is 2. The van der Waals surface area contributed by atoms with Gasteiger partial charge in [0.1, 0.15) is 17.3 Å². The zero-order valence-corrected chi connectivity index (χ0v) is 21.3. The minimum absolute atomic E-state index is 0.00332. The van der Waals surface area contributed by atoms with Crippen molar-refractivity contribution < 1.29 is 14.6 Å². The van der Waals surface area contributed by atoms with Crippen molar-refractivity contribution in [3.63, 3.8) is 0 Å². The summed E-state index contributed by atoms with van der Waals surface area (Å²) < 4.78 is 7.29. The molecule has 0 radical (unpaired) electrons. The second-order valence-electron chi connectivity index (χ2n) is 9.71. The van der Waals surface area contributed by atoms with E-state index in [-0.39, 0.29) is 12.0 Å². The predicted molar refractivity (Wildman–Crippen MR) is 144 cm³/mol. The number of hydrogen-bond acceptors (Lipinski definition) is 8. The van der Waals surface area contributed by atoms with E-state index in [0.717, 1.165) is 70.3 Å². The second-order valence-corrected chi connectivity index (χ2v) is 10.8. The van der Waals surface area contributed by atoms with Crippen molar-refractivity contribution in [2.24, 2.45) is 5.92 Å². The first kappa shape index (κ1) is 23.8. The van der Waals surface area contributed by atoms with Gasteiger partial charge in [0, 0.05) is 49.6 Å². The fraction of sp³-hybridized carbons (Fsp3) is 0.357. The van der Waals surface area contributed by atoms with Gasteiger partial charge in [-0.3, -0.25) is 9.78 Å². The molecule has 1 saturated heterocycles. The molecule has 0 spiro atoms. The number of aliphatic hydroxyl groups is 1. The maximum Gasteiger partial charge on any atom is 0.239 e. The van der Waals surface area contributed by atoms with Crippen LogP contribution < -0.4 is 15.0 Å². The molecule has 2 N–H and O–H groups in total. The number of amides is 1. The van der Waals surface area contributed by atoms with Gasteiger partial charge in [-0.2, -0.15) is 0 Å². The fourth-order valence-electron chi connectivity index (χ4n) is 5.11. The quantitative estimate of drug-likeness (QED) is 0.388. The van der Waals surface area contributed by atoms with Crippen molar-refractivity contribution in [1.82, 2.24) is 20.3 Å². The molecule has 4 heterocycles. The number of thiazole rings is 1. The molecule has 9 heteroatoms. The van der Waals surface area contributed by atoms with Gasteiger partial charge in [-0.15, -0.1) is 11.3 Å². The number of fused-ring (bicyclic) bond motifs is 1. The molecule has 1 aromatic carbocycles. The topological polar surface area (TPSA) is 100 Å². The van der Waals surface area contributed by atoms with Gasteiger partial charge < -0.3 is 20.1 Å². The molecule has 0 unspecified atom stereocenters. The summed E-state index contributed by atoms with van der Waals surface area (Å²) in [5.74, 6) is 2.50. The Morgan fingerprint density at radius 1 is 1.05 bits per heavy atom. The largest absolute Gasteiger partial charge is 0.457 e. The highest BCUT2D eigenvalue weighted by Gasteiger charge is 2.24. The Morgan fingerprint density at radius 3 is 2.81 bits per heavy atom. The van der Waals surface area contributed by atoms with Crippen LogP contribution in [0.1, 0.15) is 30.7 Å². The lowest BCUT2D eigenvalue weighted by Gasteiger charge is -2.27. The van der Waals surface area contributed by atoms with E-state index in [1.54, 1.807) is 23.7 Å². The standard InChI is InChI=1S/C28H29N5O3S/c34-24-4-2-1-3-19(24)14-28-32-22-6-5-20(16-25(22)37-28)36-21-8-10-29-23(15-21)18-7-9-30-26(13-18)33-12-11-31-27(35)17-33/h5-10,13,15-16,19,24,34H,1-4,11-12,14,17H2,(H,31,35)/t19-,24+/m0/s1. The number of nitrogens with one attached hydrogen (secondary N) is 1. The highest BCUT2D eigenvalue weighted by molar-refractivity contribution is 7.18. The lowest BCUT2D eigenvalue weighted by molar-refractivity contribution is -0.120. The molecule has 1 amide bonds. The van der Waals surface area contributed by atoms with Gasteiger partial charge in [-0.1, -0.05) is 12.8 Å².